The number of halogens is 1. The molecule has 0 aliphatic carbocycles. The molecule has 0 spiro atoms. The fraction of sp³-hybridized carbons (Fsp3) is 0.316. The van der Waals surface area contributed by atoms with Crippen LogP contribution in [0.25, 0.3) is 0 Å². The molecule has 0 saturated heterocycles. The minimum Gasteiger partial charge on any atom is -0.348 e. The van der Waals surface area contributed by atoms with Gasteiger partial charge in [0, 0.05) is 16.7 Å². The average molecular weight is 422 g/mol. The van der Waals surface area contributed by atoms with Crippen LogP contribution < -0.4 is 5.32 Å². The third kappa shape index (κ3) is 5.32. The third-order valence-electron chi connectivity index (χ3n) is 3.90. The molecule has 0 fully saturated rings. The van der Waals surface area contributed by atoms with E-state index in [9.17, 15) is 4.79 Å². The van der Waals surface area contributed by atoms with Gasteiger partial charge in [-0.05, 0) is 58.9 Å². The molecule has 0 aromatic heterocycles. The number of rotatable bonds is 7. The molecule has 122 valence electrons. The maximum atomic E-state index is 12.2. The Morgan fingerprint density at radius 2 is 1.61 bits per heavy atom. The van der Waals surface area contributed by atoms with Crippen LogP contribution in [0.3, 0.4) is 0 Å². The highest BCUT2D eigenvalue weighted by molar-refractivity contribution is 14.1. The average Bonchev–Trinajstić information content (AvgIpc) is 2.59. The summed E-state index contributed by atoms with van der Waals surface area (Å²) < 4.78 is 0.970. The normalized spacial score (nSPS) is 10.8. The molecular weight excluding hydrogens is 399 g/mol. The summed E-state index contributed by atoms with van der Waals surface area (Å²) in [6.45, 7) is 8.00. The molecule has 0 aliphatic rings. The van der Waals surface area contributed by atoms with E-state index in [1.165, 1.54) is 5.56 Å². The number of nitrogens with one attached hydrogen (secondary N) is 1. The maximum absolute atomic E-state index is 12.2. The van der Waals surface area contributed by atoms with E-state index in [0.29, 0.717) is 6.54 Å². The number of amides is 1. The Morgan fingerprint density at radius 3 is 2.22 bits per heavy atom. The highest BCUT2D eigenvalue weighted by Crippen LogP contribution is 2.12. The zero-order chi connectivity index (χ0) is 16.7. The van der Waals surface area contributed by atoms with Gasteiger partial charge in [-0.3, -0.25) is 9.69 Å². The van der Waals surface area contributed by atoms with E-state index in [1.807, 2.05) is 24.3 Å². The Morgan fingerprint density at radius 1 is 1.00 bits per heavy atom. The quantitative estimate of drug-likeness (QED) is 0.683. The molecule has 1 N–H and O–H groups in total. The van der Waals surface area contributed by atoms with Crippen LogP contribution in [0.15, 0.2) is 48.5 Å². The molecule has 2 aromatic carbocycles. The second-order valence-electron chi connectivity index (χ2n) is 5.44. The molecule has 3 nitrogen and oxygen atoms in total. The summed E-state index contributed by atoms with van der Waals surface area (Å²) in [5.74, 6) is -0.0257. The van der Waals surface area contributed by atoms with E-state index < -0.39 is 0 Å². The molecule has 2 rings (SSSR count). The summed E-state index contributed by atoms with van der Waals surface area (Å²) in [5.41, 5.74) is 3.15. The Bertz CT molecular complexity index is 636. The zero-order valence-electron chi connectivity index (χ0n) is 13.7. The monoisotopic (exact) mass is 422 g/mol. The lowest BCUT2D eigenvalue weighted by atomic mass is 10.1. The number of benzene rings is 2. The van der Waals surface area contributed by atoms with Gasteiger partial charge in [-0.15, -0.1) is 0 Å². The first-order valence-electron chi connectivity index (χ1n) is 7.97. The van der Waals surface area contributed by atoms with Gasteiger partial charge >= 0.3 is 0 Å². The van der Waals surface area contributed by atoms with Gasteiger partial charge in [-0.2, -0.15) is 0 Å². The lowest BCUT2D eigenvalue weighted by Gasteiger charge is -2.18. The number of hydrogen-bond donors (Lipinski definition) is 1. The SMILES string of the molecule is CCN(CC)Cc1ccc(CNC(=O)c2ccccc2I)cc1. The summed E-state index contributed by atoms with van der Waals surface area (Å²) in [5, 5.41) is 2.98. The summed E-state index contributed by atoms with van der Waals surface area (Å²) in [6, 6.07) is 16.1. The molecule has 4 heteroatoms. The summed E-state index contributed by atoms with van der Waals surface area (Å²) in [4.78, 5) is 14.6. The first-order valence-corrected chi connectivity index (χ1v) is 9.04. The van der Waals surface area contributed by atoms with Crippen LogP contribution in [0.2, 0.25) is 0 Å². The Kier molecular flexibility index (Phi) is 7.05. The smallest absolute Gasteiger partial charge is 0.252 e. The predicted octanol–water partition coefficient (Wildman–Crippen LogP) is 4.06. The van der Waals surface area contributed by atoms with E-state index in [1.54, 1.807) is 0 Å². The van der Waals surface area contributed by atoms with Crippen LogP contribution in [0, 0.1) is 3.57 Å². The van der Waals surface area contributed by atoms with E-state index in [4.69, 9.17) is 0 Å². The first kappa shape index (κ1) is 17.9. The molecule has 1 amide bonds. The van der Waals surface area contributed by atoms with Crippen LogP contribution in [-0.4, -0.2) is 23.9 Å². The summed E-state index contributed by atoms with van der Waals surface area (Å²) >= 11 is 2.19. The second-order valence-corrected chi connectivity index (χ2v) is 6.60. The molecule has 0 bridgehead atoms. The van der Waals surface area contributed by atoms with Crippen molar-refractivity contribution in [3.05, 3.63) is 68.8 Å². The van der Waals surface area contributed by atoms with Gasteiger partial charge in [0.1, 0.15) is 0 Å². The number of carbonyl (C=O) groups excluding carboxylic acids is 1. The van der Waals surface area contributed by atoms with E-state index in [-0.39, 0.29) is 5.91 Å². The van der Waals surface area contributed by atoms with Gasteiger partial charge < -0.3 is 5.32 Å². The third-order valence-corrected chi connectivity index (χ3v) is 4.84. The molecule has 0 heterocycles. The highest BCUT2D eigenvalue weighted by atomic mass is 127. The highest BCUT2D eigenvalue weighted by Gasteiger charge is 2.08. The van der Waals surface area contributed by atoms with Gasteiger partial charge in [0.25, 0.3) is 5.91 Å². The lowest BCUT2D eigenvalue weighted by Crippen LogP contribution is -2.24. The topological polar surface area (TPSA) is 32.3 Å². The van der Waals surface area contributed by atoms with Crippen LogP contribution in [-0.2, 0) is 13.1 Å². The van der Waals surface area contributed by atoms with Crippen molar-refractivity contribution in [2.75, 3.05) is 13.1 Å². The molecule has 2 aromatic rings. The van der Waals surface area contributed by atoms with Gasteiger partial charge in [0.15, 0.2) is 0 Å². The van der Waals surface area contributed by atoms with Gasteiger partial charge in [-0.1, -0.05) is 50.2 Å². The lowest BCUT2D eigenvalue weighted by molar-refractivity contribution is 0.0950. The van der Waals surface area contributed by atoms with Gasteiger partial charge in [-0.25, -0.2) is 0 Å². The Labute approximate surface area is 152 Å². The fourth-order valence-electron chi connectivity index (χ4n) is 2.39. The van der Waals surface area contributed by atoms with E-state index >= 15 is 0 Å². The van der Waals surface area contributed by atoms with Crippen LogP contribution in [0.5, 0.6) is 0 Å². The van der Waals surface area contributed by atoms with Crippen molar-refractivity contribution in [3.63, 3.8) is 0 Å². The van der Waals surface area contributed by atoms with Crippen molar-refractivity contribution in [1.82, 2.24) is 10.2 Å². The van der Waals surface area contributed by atoms with Gasteiger partial charge in [0.05, 0.1) is 5.56 Å². The van der Waals surface area contributed by atoms with Crippen LogP contribution in [0.1, 0.15) is 35.3 Å². The van der Waals surface area contributed by atoms with Crippen molar-refractivity contribution in [3.8, 4) is 0 Å². The number of hydrogen-bond acceptors (Lipinski definition) is 2. The Balaban J connectivity index is 1.91. The van der Waals surface area contributed by atoms with Crippen LogP contribution in [0.4, 0.5) is 0 Å². The number of nitrogens with zero attached hydrogens (tertiary/aromatic N) is 1. The van der Waals surface area contributed by atoms with Gasteiger partial charge in [0.2, 0.25) is 0 Å². The van der Waals surface area contributed by atoms with Crippen LogP contribution >= 0.6 is 22.6 Å². The molecule has 0 atom stereocenters. The number of carbonyl (C=O) groups is 1. The first-order chi connectivity index (χ1) is 11.1. The maximum Gasteiger partial charge on any atom is 0.252 e. The molecule has 0 aliphatic heterocycles. The van der Waals surface area contributed by atoms with Crippen molar-refractivity contribution in [2.45, 2.75) is 26.9 Å². The predicted molar refractivity (Wildman–Crippen MR) is 103 cm³/mol. The molecular formula is C19H23IN2O. The molecule has 23 heavy (non-hydrogen) atoms. The largest absolute Gasteiger partial charge is 0.348 e. The van der Waals surface area contributed by atoms with Crippen molar-refractivity contribution >= 4 is 28.5 Å². The van der Waals surface area contributed by atoms with E-state index in [2.05, 4.69) is 70.9 Å². The van der Waals surface area contributed by atoms with Crippen molar-refractivity contribution in [2.24, 2.45) is 0 Å². The minimum absolute atomic E-state index is 0.0257. The zero-order valence-corrected chi connectivity index (χ0v) is 15.8. The standard InChI is InChI=1S/C19H23IN2O/c1-3-22(4-2)14-16-11-9-15(10-12-16)13-21-19(23)17-7-5-6-8-18(17)20/h5-12H,3-4,13-14H2,1-2H3,(H,21,23). The van der Waals surface area contributed by atoms with Crippen molar-refractivity contribution in [1.29, 1.82) is 0 Å². The summed E-state index contributed by atoms with van der Waals surface area (Å²) in [6.07, 6.45) is 0. The Hall–Kier alpha value is -1.40. The minimum atomic E-state index is -0.0257. The fourth-order valence-corrected chi connectivity index (χ4v) is 3.02. The van der Waals surface area contributed by atoms with Crippen molar-refractivity contribution < 1.29 is 4.79 Å². The second kappa shape index (κ2) is 9.03. The molecule has 0 unspecified atom stereocenters. The molecule has 0 saturated carbocycles. The molecule has 0 radical (unpaired) electrons. The summed E-state index contributed by atoms with van der Waals surface area (Å²) in [7, 11) is 0. The van der Waals surface area contributed by atoms with E-state index in [0.717, 1.165) is 34.3 Å².